The first-order chi connectivity index (χ1) is 12.0. The van der Waals surface area contributed by atoms with Crippen molar-refractivity contribution in [1.29, 1.82) is 0 Å². The summed E-state index contributed by atoms with van der Waals surface area (Å²) in [6.45, 7) is 5.59. The Balaban J connectivity index is 1.87. The van der Waals surface area contributed by atoms with E-state index in [1.807, 2.05) is 63.4 Å². The fourth-order valence-corrected chi connectivity index (χ4v) is 2.36. The van der Waals surface area contributed by atoms with Gasteiger partial charge in [0.1, 0.15) is 0 Å². The summed E-state index contributed by atoms with van der Waals surface area (Å²) in [5, 5.41) is 8.10. The quantitative estimate of drug-likeness (QED) is 0.756. The lowest BCUT2D eigenvalue weighted by Crippen LogP contribution is -2.44. The van der Waals surface area contributed by atoms with Gasteiger partial charge in [-0.25, -0.2) is 4.79 Å². The van der Waals surface area contributed by atoms with Gasteiger partial charge in [0.2, 0.25) is 5.91 Å². The van der Waals surface area contributed by atoms with Gasteiger partial charge in [-0.2, -0.15) is 0 Å². The van der Waals surface area contributed by atoms with E-state index in [0.29, 0.717) is 0 Å². The number of nitrogens with zero attached hydrogens (tertiary/aromatic N) is 1. The Kier molecular flexibility index (Phi) is 6.51. The fourth-order valence-electron chi connectivity index (χ4n) is 2.36. The van der Waals surface area contributed by atoms with E-state index in [9.17, 15) is 9.59 Å². The summed E-state index contributed by atoms with van der Waals surface area (Å²) in [5.74, 6) is -0.210. The number of urea groups is 1. The number of hydrogen-bond acceptors (Lipinski definition) is 3. The van der Waals surface area contributed by atoms with Crippen molar-refractivity contribution in [3.8, 4) is 11.1 Å². The van der Waals surface area contributed by atoms with Crippen LogP contribution in [-0.2, 0) is 4.79 Å². The van der Waals surface area contributed by atoms with Crippen LogP contribution < -0.4 is 16.0 Å². The predicted octanol–water partition coefficient (Wildman–Crippen LogP) is 2.63. The third-order valence-electron chi connectivity index (χ3n) is 3.61. The van der Waals surface area contributed by atoms with Crippen molar-refractivity contribution in [3.05, 3.63) is 54.4 Å². The molecule has 0 bridgehead atoms. The van der Waals surface area contributed by atoms with E-state index in [0.717, 1.165) is 16.7 Å². The second kappa shape index (κ2) is 8.82. The van der Waals surface area contributed by atoms with Gasteiger partial charge in [-0.1, -0.05) is 30.3 Å². The number of benzene rings is 1. The minimum Gasteiger partial charge on any atom is -0.352 e. The van der Waals surface area contributed by atoms with Gasteiger partial charge in [0, 0.05) is 18.4 Å². The molecule has 0 aliphatic carbocycles. The highest BCUT2D eigenvalue weighted by atomic mass is 16.2. The summed E-state index contributed by atoms with van der Waals surface area (Å²) < 4.78 is 0. The van der Waals surface area contributed by atoms with Crippen LogP contribution in [-0.4, -0.2) is 29.5 Å². The van der Waals surface area contributed by atoms with Crippen molar-refractivity contribution in [2.24, 2.45) is 0 Å². The molecule has 0 radical (unpaired) electrons. The molecule has 0 spiro atoms. The molecule has 2 rings (SSSR count). The van der Waals surface area contributed by atoms with E-state index in [-0.39, 0.29) is 30.6 Å². The van der Waals surface area contributed by atoms with Crippen LogP contribution in [0, 0.1) is 0 Å². The highest BCUT2D eigenvalue weighted by molar-refractivity contribution is 5.84. The lowest BCUT2D eigenvalue weighted by atomic mass is 10.0. The molecule has 3 N–H and O–H groups in total. The second-order valence-corrected chi connectivity index (χ2v) is 6.13. The zero-order chi connectivity index (χ0) is 18.2. The topological polar surface area (TPSA) is 83.1 Å². The Morgan fingerprint density at radius 1 is 1.00 bits per heavy atom. The molecule has 0 aliphatic heterocycles. The molecule has 1 atom stereocenters. The van der Waals surface area contributed by atoms with E-state index in [4.69, 9.17) is 0 Å². The van der Waals surface area contributed by atoms with E-state index in [1.54, 1.807) is 6.20 Å². The maximum atomic E-state index is 11.9. The molecule has 1 heterocycles. The highest BCUT2D eigenvalue weighted by Gasteiger charge is 2.11. The Bertz CT molecular complexity index is 699. The molecule has 3 amide bonds. The maximum absolute atomic E-state index is 11.9. The van der Waals surface area contributed by atoms with Crippen LogP contribution in [0.1, 0.15) is 32.4 Å². The SMILES string of the molecule is CC(C)NC(=O)CNC(=O)NC(C)c1ccc(-c2cccnc2)cc1. The number of carbonyl (C=O) groups is 2. The van der Waals surface area contributed by atoms with Gasteiger partial charge in [-0.3, -0.25) is 9.78 Å². The summed E-state index contributed by atoms with van der Waals surface area (Å²) in [6, 6.07) is 11.3. The number of pyridine rings is 1. The van der Waals surface area contributed by atoms with Crippen molar-refractivity contribution in [1.82, 2.24) is 20.9 Å². The average Bonchev–Trinajstić information content (AvgIpc) is 2.60. The molecule has 1 aromatic carbocycles. The van der Waals surface area contributed by atoms with Crippen LogP contribution in [0.3, 0.4) is 0 Å². The predicted molar refractivity (Wildman–Crippen MR) is 97.9 cm³/mol. The van der Waals surface area contributed by atoms with Gasteiger partial charge < -0.3 is 16.0 Å². The molecule has 0 saturated heterocycles. The van der Waals surface area contributed by atoms with Crippen LogP contribution in [0.15, 0.2) is 48.8 Å². The van der Waals surface area contributed by atoms with Gasteiger partial charge in [0.15, 0.2) is 0 Å². The number of nitrogens with one attached hydrogen (secondary N) is 3. The summed E-state index contributed by atoms with van der Waals surface area (Å²) in [7, 11) is 0. The zero-order valence-electron chi connectivity index (χ0n) is 14.7. The lowest BCUT2D eigenvalue weighted by molar-refractivity contribution is -0.120. The number of aromatic nitrogens is 1. The van der Waals surface area contributed by atoms with Crippen LogP contribution in [0.25, 0.3) is 11.1 Å². The molecule has 6 heteroatoms. The molecule has 0 saturated carbocycles. The third kappa shape index (κ3) is 5.91. The first-order valence-electron chi connectivity index (χ1n) is 8.30. The average molecular weight is 340 g/mol. The van der Waals surface area contributed by atoms with Crippen LogP contribution in [0.2, 0.25) is 0 Å². The van der Waals surface area contributed by atoms with E-state index in [2.05, 4.69) is 20.9 Å². The smallest absolute Gasteiger partial charge is 0.315 e. The minimum absolute atomic E-state index is 0.0450. The summed E-state index contributed by atoms with van der Waals surface area (Å²) in [4.78, 5) is 27.5. The Labute approximate surface area is 148 Å². The maximum Gasteiger partial charge on any atom is 0.315 e. The van der Waals surface area contributed by atoms with Crippen LogP contribution >= 0.6 is 0 Å². The van der Waals surface area contributed by atoms with Crippen LogP contribution in [0.4, 0.5) is 4.79 Å². The van der Waals surface area contributed by atoms with Crippen molar-refractivity contribution in [3.63, 3.8) is 0 Å². The van der Waals surface area contributed by atoms with Gasteiger partial charge in [0.25, 0.3) is 0 Å². The molecule has 25 heavy (non-hydrogen) atoms. The molecule has 1 aromatic heterocycles. The first-order valence-corrected chi connectivity index (χ1v) is 8.30. The van der Waals surface area contributed by atoms with Crippen molar-refractivity contribution in [2.75, 3.05) is 6.54 Å². The number of carbonyl (C=O) groups excluding carboxylic acids is 2. The van der Waals surface area contributed by atoms with E-state index >= 15 is 0 Å². The highest BCUT2D eigenvalue weighted by Crippen LogP contribution is 2.21. The van der Waals surface area contributed by atoms with Crippen molar-refractivity contribution < 1.29 is 9.59 Å². The Hall–Kier alpha value is -2.89. The molecule has 6 nitrogen and oxygen atoms in total. The molecule has 0 aliphatic rings. The largest absolute Gasteiger partial charge is 0.352 e. The van der Waals surface area contributed by atoms with Crippen molar-refractivity contribution >= 4 is 11.9 Å². The van der Waals surface area contributed by atoms with E-state index < -0.39 is 0 Å². The van der Waals surface area contributed by atoms with Gasteiger partial charge in [-0.05, 0) is 43.5 Å². The summed E-state index contributed by atoms with van der Waals surface area (Å²) in [5.41, 5.74) is 3.09. The van der Waals surface area contributed by atoms with Crippen molar-refractivity contribution in [2.45, 2.75) is 32.9 Å². The molecular formula is C19H24N4O2. The Morgan fingerprint density at radius 2 is 1.72 bits per heavy atom. The number of rotatable bonds is 6. The first kappa shape index (κ1) is 18.4. The minimum atomic E-state index is -0.372. The number of hydrogen-bond donors (Lipinski definition) is 3. The normalized spacial score (nSPS) is 11.7. The summed E-state index contributed by atoms with van der Waals surface area (Å²) >= 11 is 0. The lowest BCUT2D eigenvalue weighted by Gasteiger charge is -2.16. The van der Waals surface area contributed by atoms with E-state index in [1.165, 1.54) is 0 Å². The standard InChI is InChI=1S/C19H24N4O2/c1-13(2)22-18(24)12-21-19(25)23-14(3)15-6-8-16(9-7-15)17-5-4-10-20-11-17/h4-11,13-14H,12H2,1-3H3,(H,22,24)(H2,21,23,25). The Morgan fingerprint density at radius 3 is 2.32 bits per heavy atom. The molecule has 2 aromatic rings. The molecule has 132 valence electrons. The molecule has 0 fully saturated rings. The third-order valence-corrected chi connectivity index (χ3v) is 3.61. The van der Waals surface area contributed by atoms with Gasteiger partial charge in [0.05, 0.1) is 12.6 Å². The monoisotopic (exact) mass is 340 g/mol. The second-order valence-electron chi connectivity index (χ2n) is 6.13. The molecule has 1 unspecified atom stereocenters. The number of amides is 3. The summed E-state index contributed by atoms with van der Waals surface area (Å²) in [6.07, 6.45) is 3.55. The fraction of sp³-hybridized carbons (Fsp3) is 0.316. The molecular weight excluding hydrogens is 316 g/mol. The van der Waals surface area contributed by atoms with Gasteiger partial charge >= 0.3 is 6.03 Å². The van der Waals surface area contributed by atoms with Gasteiger partial charge in [-0.15, -0.1) is 0 Å². The van der Waals surface area contributed by atoms with Crippen LogP contribution in [0.5, 0.6) is 0 Å². The zero-order valence-corrected chi connectivity index (χ0v) is 14.7.